The lowest BCUT2D eigenvalue weighted by atomic mass is 10.0. The van der Waals surface area contributed by atoms with Crippen LogP contribution in [0.3, 0.4) is 0 Å². The van der Waals surface area contributed by atoms with Crippen LogP contribution in [0.25, 0.3) is 0 Å². The van der Waals surface area contributed by atoms with Crippen molar-refractivity contribution in [2.45, 2.75) is 257 Å². The van der Waals surface area contributed by atoms with Crippen LogP contribution in [0.15, 0.2) is 59.8 Å². The molecule has 0 heterocycles. The third-order valence-corrected chi connectivity index (χ3v) is 12.4. The fraction of sp³-hybridized carbons (Fsp3) is 0.759. The van der Waals surface area contributed by atoms with Crippen molar-refractivity contribution in [1.29, 1.82) is 0 Å². The van der Waals surface area contributed by atoms with Gasteiger partial charge in [0.05, 0.1) is 15.9 Å². The fourth-order valence-electron chi connectivity index (χ4n) is 8.09. The smallest absolute Gasteiger partial charge is 0.272 e. The number of anilines is 1. The zero-order chi connectivity index (χ0) is 45.4. The predicted molar refractivity (Wildman–Crippen MR) is 275 cm³/mol. The maximum Gasteiger partial charge on any atom is 0.301 e. The highest BCUT2D eigenvalue weighted by Gasteiger charge is 2.19. The van der Waals surface area contributed by atoms with Gasteiger partial charge in [0, 0.05) is 18.2 Å². The van der Waals surface area contributed by atoms with Crippen molar-refractivity contribution < 1.29 is 9.85 Å². The minimum Gasteiger partial charge on any atom is -0.272 e. The Bertz CT molecular complexity index is 1320. The molecule has 0 bridgehead atoms. The summed E-state index contributed by atoms with van der Waals surface area (Å²) >= 11 is 5.74. The van der Waals surface area contributed by atoms with Gasteiger partial charge in [0.1, 0.15) is 5.69 Å². The van der Waals surface area contributed by atoms with E-state index in [0.29, 0.717) is 0 Å². The molecule has 0 radical (unpaired) electrons. The van der Waals surface area contributed by atoms with E-state index in [1.165, 1.54) is 250 Å². The van der Waals surface area contributed by atoms with Crippen LogP contribution in [0.4, 0.5) is 17.1 Å². The van der Waals surface area contributed by atoms with Crippen LogP contribution >= 0.6 is 11.6 Å². The van der Waals surface area contributed by atoms with E-state index in [1.807, 2.05) is 0 Å². The third-order valence-electron chi connectivity index (χ3n) is 12.1. The molecular formula is C54H93ClN4O4. The van der Waals surface area contributed by atoms with Gasteiger partial charge in [-0.15, -0.1) is 11.6 Å². The molecule has 0 fully saturated rings. The Hall–Kier alpha value is -3.00. The van der Waals surface area contributed by atoms with Crippen molar-refractivity contribution in [2.75, 3.05) is 11.3 Å². The van der Waals surface area contributed by atoms with Crippen molar-refractivity contribution in [3.8, 4) is 0 Å². The summed E-state index contributed by atoms with van der Waals surface area (Å²) < 4.78 is 0. The number of allylic oxidation sites excluding steroid dienone is 6. The fourth-order valence-corrected chi connectivity index (χ4v) is 8.28. The normalized spacial score (nSPS) is 12.0. The van der Waals surface area contributed by atoms with Crippen molar-refractivity contribution >= 4 is 34.9 Å². The average molecular weight is 898 g/mol. The molecule has 0 unspecified atom stereocenters. The molecule has 0 aliphatic heterocycles. The van der Waals surface area contributed by atoms with Gasteiger partial charge in [-0.25, -0.2) is 0 Å². The number of rotatable bonds is 48. The molecule has 63 heavy (non-hydrogen) atoms. The quantitative estimate of drug-likeness (QED) is 0.0175. The minimum absolute atomic E-state index is 0.145. The lowest BCUT2D eigenvalue weighted by Crippen LogP contribution is -1.98. The van der Waals surface area contributed by atoms with Crippen LogP contribution < -0.4 is 5.43 Å². The molecule has 1 aromatic rings. The molecule has 1 aromatic carbocycles. The number of hydrogen-bond acceptors (Lipinski definition) is 6. The zero-order valence-corrected chi connectivity index (χ0v) is 40.9. The van der Waals surface area contributed by atoms with Crippen molar-refractivity contribution in [1.82, 2.24) is 0 Å². The number of hydrogen-bond donors (Lipinski definition) is 1. The van der Waals surface area contributed by atoms with Gasteiger partial charge in [-0.1, -0.05) is 197 Å². The van der Waals surface area contributed by atoms with Crippen LogP contribution in [0, 0.1) is 20.2 Å². The molecule has 0 saturated carbocycles. The van der Waals surface area contributed by atoms with Gasteiger partial charge in [0.2, 0.25) is 0 Å². The van der Waals surface area contributed by atoms with Crippen molar-refractivity contribution in [3.63, 3.8) is 0 Å². The molecular weight excluding hydrogens is 804 g/mol. The Morgan fingerprint density at radius 2 is 0.698 bits per heavy atom. The summed E-state index contributed by atoms with van der Waals surface area (Å²) in [6.45, 7) is 0. The molecule has 9 heteroatoms. The summed E-state index contributed by atoms with van der Waals surface area (Å²) in [4.78, 5) is 20.8. The second-order valence-electron chi connectivity index (χ2n) is 17.9. The number of benzene rings is 1. The summed E-state index contributed by atoms with van der Waals surface area (Å²) in [5.74, 6) is 0.829. The predicted octanol–water partition coefficient (Wildman–Crippen LogP) is 19.4. The first-order valence-electron chi connectivity index (χ1n) is 26.3. The molecule has 8 nitrogen and oxygen atoms in total. The molecule has 360 valence electrons. The molecule has 0 spiro atoms. The van der Waals surface area contributed by atoms with E-state index in [-0.39, 0.29) is 17.1 Å². The van der Waals surface area contributed by atoms with E-state index >= 15 is 0 Å². The van der Waals surface area contributed by atoms with E-state index in [9.17, 15) is 20.2 Å². The van der Waals surface area contributed by atoms with E-state index in [1.54, 1.807) is 6.21 Å². The molecule has 1 rings (SSSR count). The van der Waals surface area contributed by atoms with Crippen LogP contribution in [-0.4, -0.2) is 21.9 Å². The van der Waals surface area contributed by atoms with Gasteiger partial charge in [-0.3, -0.25) is 25.7 Å². The number of hydrazone groups is 1. The summed E-state index contributed by atoms with van der Waals surface area (Å²) in [5, 5.41) is 26.1. The van der Waals surface area contributed by atoms with Crippen LogP contribution in [-0.2, 0) is 0 Å². The van der Waals surface area contributed by atoms with Crippen LogP contribution in [0.5, 0.6) is 0 Å². The molecule has 0 aliphatic rings. The van der Waals surface area contributed by atoms with E-state index in [4.69, 9.17) is 11.6 Å². The number of nitro benzene ring substituents is 2. The molecule has 0 amide bonds. The van der Waals surface area contributed by atoms with Crippen molar-refractivity contribution in [2.24, 2.45) is 5.10 Å². The second kappa shape index (κ2) is 47.0. The number of nitro groups is 2. The number of non-ortho nitro benzene ring substituents is 1. The second-order valence-corrected chi connectivity index (χ2v) is 18.3. The molecule has 1 N–H and O–H groups in total. The number of halogens is 1. The highest BCUT2D eigenvalue weighted by molar-refractivity contribution is 6.17. The van der Waals surface area contributed by atoms with Crippen molar-refractivity contribution in [3.05, 3.63) is 74.9 Å². The van der Waals surface area contributed by atoms with Crippen LogP contribution in [0.1, 0.15) is 257 Å². The Morgan fingerprint density at radius 1 is 0.413 bits per heavy atom. The van der Waals surface area contributed by atoms with E-state index < -0.39 is 9.85 Å². The first-order valence-corrected chi connectivity index (χ1v) is 26.8. The molecule has 0 aliphatic carbocycles. The van der Waals surface area contributed by atoms with E-state index in [2.05, 4.69) is 47.0 Å². The minimum atomic E-state index is -0.650. The maximum absolute atomic E-state index is 11.2. The lowest BCUT2D eigenvalue weighted by molar-refractivity contribution is -0.393. The maximum atomic E-state index is 11.2. The van der Waals surface area contributed by atoms with Gasteiger partial charge in [-0.05, 0) is 102 Å². The number of nitrogens with zero attached hydrogens (tertiary/aromatic N) is 3. The Morgan fingerprint density at radius 3 is 0.984 bits per heavy atom. The Kier molecular flexibility index (Phi) is 43.3. The summed E-state index contributed by atoms with van der Waals surface area (Å²) in [6.07, 6.45) is 69.1. The van der Waals surface area contributed by atoms with Gasteiger partial charge in [-0.2, -0.15) is 5.10 Å². The zero-order valence-electron chi connectivity index (χ0n) is 40.1. The van der Waals surface area contributed by atoms with Gasteiger partial charge >= 0.3 is 5.69 Å². The first kappa shape index (κ1) is 58.0. The highest BCUT2D eigenvalue weighted by atomic mass is 35.5. The number of unbranched alkanes of at least 4 members (excludes halogenated alkanes) is 36. The topological polar surface area (TPSA) is 111 Å². The summed E-state index contributed by atoms with van der Waals surface area (Å²) in [5.41, 5.74) is 2.11. The molecule has 0 atom stereocenters. The van der Waals surface area contributed by atoms with E-state index in [0.717, 1.165) is 31.2 Å². The number of alkyl halides is 1. The van der Waals surface area contributed by atoms with Gasteiger partial charge in [0.25, 0.3) is 5.69 Å². The van der Waals surface area contributed by atoms with Crippen LogP contribution in [0.2, 0.25) is 0 Å². The molecule has 0 aromatic heterocycles. The van der Waals surface area contributed by atoms with Gasteiger partial charge in [0.15, 0.2) is 0 Å². The Labute approximate surface area is 391 Å². The molecule has 0 saturated heterocycles. The summed E-state index contributed by atoms with van der Waals surface area (Å²) in [6, 6.07) is 3.49. The number of nitrogens with one attached hydrogen (secondary N) is 1. The lowest BCUT2D eigenvalue weighted by Gasteiger charge is -2.02. The monoisotopic (exact) mass is 897 g/mol. The Balaban J connectivity index is 1.73. The van der Waals surface area contributed by atoms with Gasteiger partial charge < -0.3 is 0 Å². The first-order chi connectivity index (χ1) is 31.1. The SMILES string of the molecule is O=[N+]([O-])c1ccc(N/N=C/CCCCCCCCCC/C=C/CCCCCCCCCC/C=C/CCCCCCCCCC/C=C/CCCCCCCCCCCCl)c([N+](=O)[O-])c1. The third kappa shape index (κ3) is 40.3. The highest BCUT2D eigenvalue weighted by Crippen LogP contribution is 2.29. The average Bonchev–Trinajstić information content (AvgIpc) is 3.28. The largest absolute Gasteiger partial charge is 0.301 e. The summed E-state index contributed by atoms with van der Waals surface area (Å²) in [7, 11) is 0. The standard InChI is InChI=1S/C54H93ClN4O4/c55-49-45-43-41-39-37-35-33-31-29-27-25-23-21-19-17-15-13-11-9-7-5-3-1-2-4-6-8-10-12-14-16-18-20-22-24-26-28-30-32-34-36-38-40-42-44-46-50-56-57-53-48-47-52(58(60)61)51-54(53)59(62)63/h1-2,23-26,47-48,50-51,57H,3-22,27-46,49H2/b2-1+,25-23+,26-24+,56-50+.